The SMILES string of the molecule is CNc1nc(OC[C@@]23CCCN2C[C@H](F)C3)nc2c(F)c(-c3ccc(F)c4sc(N)c(C#N)c34)c(Cl)cc12. The van der Waals surface area contributed by atoms with Crippen LogP contribution in [-0.4, -0.2) is 53.3 Å². The number of rotatable bonds is 5. The summed E-state index contributed by atoms with van der Waals surface area (Å²) in [6, 6.07) is 6.02. The minimum atomic E-state index is -0.913. The highest BCUT2D eigenvalue weighted by molar-refractivity contribution is 7.23. The van der Waals surface area contributed by atoms with Gasteiger partial charge in [-0.1, -0.05) is 17.7 Å². The molecule has 3 N–H and O–H groups in total. The van der Waals surface area contributed by atoms with Crippen molar-refractivity contribution in [2.24, 2.45) is 0 Å². The van der Waals surface area contributed by atoms with Gasteiger partial charge in [0.25, 0.3) is 0 Å². The molecular weight excluding hydrogens is 537 g/mol. The summed E-state index contributed by atoms with van der Waals surface area (Å²) in [5.41, 5.74) is 5.72. The molecule has 0 radical (unpaired) electrons. The summed E-state index contributed by atoms with van der Waals surface area (Å²) in [7, 11) is 1.63. The average Bonchev–Trinajstić information content (AvgIpc) is 3.53. The van der Waals surface area contributed by atoms with Crippen molar-refractivity contribution in [2.75, 3.05) is 37.8 Å². The molecular formula is C26H22ClF3N6OS. The first-order valence-electron chi connectivity index (χ1n) is 12.1. The zero-order valence-electron chi connectivity index (χ0n) is 20.2. The average molecular weight is 559 g/mol. The van der Waals surface area contributed by atoms with Gasteiger partial charge in [0.15, 0.2) is 5.82 Å². The first-order valence-corrected chi connectivity index (χ1v) is 13.3. The highest BCUT2D eigenvalue weighted by atomic mass is 35.5. The van der Waals surface area contributed by atoms with Gasteiger partial charge in [-0.25, -0.2) is 13.2 Å². The fraction of sp³-hybridized carbons (Fsp3) is 0.346. The number of fused-ring (bicyclic) bond motifs is 3. The van der Waals surface area contributed by atoms with Gasteiger partial charge in [0, 0.05) is 36.3 Å². The van der Waals surface area contributed by atoms with Crippen molar-refractivity contribution in [3.05, 3.63) is 40.4 Å². The summed E-state index contributed by atoms with van der Waals surface area (Å²) >= 11 is 7.49. The van der Waals surface area contributed by atoms with Gasteiger partial charge in [-0.15, -0.1) is 11.3 Å². The lowest BCUT2D eigenvalue weighted by Crippen LogP contribution is -2.43. The van der Waals surface area contributed by atoms with Gasteiger partial charge >= 0.3 is 6.01 Å². The third-order valence-corrected chi connectivity index (χ3v) is 8.85. The van der Waals surface area contributed by atoms with E-state index >= 15 is 4.39 Å². The van der Waals surface area contributed by atoms with Gasteiger partial charge in [0.1, 0.15) is 41.0 Å². The second kappa shape index (κ2) is 9.15. The summed E-state index contributed by atoms with van der Waals surface area (Å²) in [5, 5.41) is 13.3. The molecule has 2 aromatic carbocycles. The maximum Gasteiger partial charge on any atom is 0.319 e. The Kier molecular flexibility index (Phi) is 6.01. The molecule has 0 spiro atoms. The van der Waals surface area contributed by atoms with Crippen LogP contribution in [-0.2, 0) is 0 Å². The largest absolute Gasteiger partial charge is 0.461 e. The van der Waals surface area contributed by atoms with Crippen LogP contribution < -0.4 is 15.8 Å². The molecule has 0 unspecified atom stereocenters. The van der Waals surface area contributed by atoms with Crippen LogP contribution in [0.25, 0.3) is 32.1 Å². The Labute approximate surface area is 225 Å². The molecule has 4 aromatic rings. The number of benzene rings is 2. The smallest absolute Gasteiger partial charge is 0.319 e. The summed E-state index contributed by atoms with van der Waals surface area (Å²) in [6.07, 6.45) is 1.22. The van der Waals surface area contributed by atoms with Crippen LogP contribution in [0.3, 0.4) is 0 Å². The number of nitrogens with one attached hydrogen (secondary N) is 1. The van der Waals surface area contributed by atoms with Crippen LogP contribution in [0, 0.1) is 23.0 Å². The lowest BCUT2D eigenvalue weighted by atomic mass is 9.95. The number of nitrogens with two attached hydrogens (primary N) is 1. The Morgan fingerprint density at radius 3 is 2.95 bits per heavy atom. The van der Waals surface area contributed by atoms with Crippen molar-refractivity contribution in [3.63, 3.8) is 0 Å². The van der Waals surface area contributed by atoms with Crippen LogP contribution in [0.2, 0.25) is 5.02 Å². The molecule has 2 aliphatic heterocycles. The normalized spacial score (nSPS) is 21.2. The number of aromatic nitrogens is 2. The van der Waals surface area contributed by atoms with Gasteiger partial charge in [0.05, 0.1) is 20.8 Å². The van der Waals surface area contributed by atoms with Gasteiger partial charge in [0.2, 0.25) is 0 Å². The highest BCUT2D eigenvalue weighted by Gasteiger charge is 2.49. The van der Waals surface area contributed by atoms with E-state index < -0.39 is 23.3 Å². The highest BCUT2D eigenvalue weighted by Crippen LogP contribution is 2.45. The van der Waals surface area contributed by atoms with E-state index in [4.69, 9.17) is 22.1 Å². The molecule has 2 aromatic heterocycles. The number of nitriles is 1. The molecule has 38 heavy (non-hydrogen) atoms. The Morgan fingerprint density at radius 2 is 2.18 bits per heavy atom. The monoisotopic (exact) mass is 558 g/mol. The Balaban J connectivity index is 1.49. The van der Waals surface area contributed by atoms with E-state index in [1.165, 1.54) is 18.2 Å². The quantitative estimate of drug-likeness (QED) is 0.315. The molecule has 0 amide bonds. The van der Waals surface area contributed by atoms with E-state index in [-0.39, 0.29) is 54.9 Å². The molecule has 196 valence electrons. The van der Waals surface area contributed by atoms with E-state index in [9.17, 15) is 14.0 Å². The van der Waals surface area contributed by atoms with Gasteiger partial charge in [-0.2, -0.15) is 15.2 Å². The van der Waals surface area contributed by atoms with E-state index in [0.29, 0.717) is 24.2 Å². The van der Waals surface area contributed by atoms with Crippen molar-refractivity contribution < 1.29 is 17.9 Å². The number of ether oxygens (including phenoxy) is 1. The summed E-state index contributed by atoms with van der Waals surface area (Å²) < 4.78 is 51.2. The maximum atomic E-state index is 16.3. The predicted octanol–water partition coefficient (Wildman–Crippen LogP) is 5.89. The number of hydrogen-bond acceptors (Lipinski definition) is 8. The summed E-state index contributed by atoms with van der Waals surface area (Å²) in [5.74, 6) is -1.05. The Morgan fingerprint density at radius 1 is 1.37 bits per heavy atom. The zero-order chi connectivity index (χ0) is 26.8. The molecule has 2 aliphatic rings. The van der Waals surface area contributed by atoms with Crippen molar-refractivity contribution in [1.82, 2.24) is 14.9 Å². The summed E-state index contributed by atoms with van der Waals surface area (Å²) in [6.45, 7) is 1.37. The van der Waals surface area contributed by atoms with Gasteiger partial charge in [-0.3, -0.25) is 4.90 Å². The van der Waals surface area contributed by atoms with E-state index in [2.05, 4.69) is 20.2 Å². The number of nitrogen functional groups attached to an aromatic ring is 1. The Bertz CT molecular complexity index is 1660. The molecule has 0 bridgehead atoms. The lowest BCUT2D eigenvalue weighted by Gasteiger charge is -2.30. The third-order valence-electron chi connectivity index (χ3n) is 7.53. The standard InChI is InChI=1S/C26H22ClF3N6OS/c1-33-24-14-7-16(27)19(13-3-4-17(29)22-18(13)15(9-31)23(32)38-22)20(30)21(14)34-25(35-24)37-11-26-5-2-6-36(26)10-12(28)8-26/h3-4,7,12H,2,5-6,8,10-11,32H2,1H3,(H,33,34,35)/t12-,26+/m1/s1. The molecule has 0 aliphatic carbocycles. The fourth-order valence-corrected chi connectivity index (χ4v) is 7.08. The van der Waals surface area contributed by atoms with Crippen LogP contribution in [0.4, 0.5) is 24.0 Å². The lowest BCUT2D eigenvalue weighted by molar-refractivity contribution is 0.107. The second-order valence-corrected chi connectivity index (χ2v) is 11.1. The number of hydrogen-bond donors (Lipinski definition) is 2. The van der Waals surface area contributed by atoms with Crippen LogP contribution >= 0.6 is 22.9 Å². The minimum Gasteiger partial charge on any atom is -0.461 e. The van der Waals surface area contributed by atoms with Crippen molar-refractivity contribution >= 4 is 54.7 Å². The van der Waals surface area contributed by atoms with Crippen molar-refractivity contribution in [2.45, 2.75) is 31.0 Å². The molecule has 2 fully saturated rings. The Hall–Kier alpha value is -3.33. The zero-order valence-corrected chi connectivity index (χ0v) is 21.8. The van der Waals surface area contributed by atoms with E-state index in [0.717, 1.165) is 30.7 Å². The second-order valence-electron chi connectivity index (χ2n) is 9.66. The molecule has 2 atom stereocenters. The molecule has 6 rings (SSSR count). The summed E-state index contributed by atoms with van der Waals surface area (Å²) in [4.78, 5) is 10.9. The molecule has 4 heterocycles. The van der Waals surface area contributed by atoms with E-state index in [1.54, 1.807) is 7.05 Å². The van der Waals surface area contributed by atoms with Crippen LogP contribution in [0.15, 0.2) is 18.2 Å². The molecule has 2 saturated heterocycles. The molecule has 12 heteroatoms. The van der Waals surface area contributed by atoms with Crippen LogP contribution in [0.5, 0.6) is 6.01 Å². The van der Waals surface area contributed by atoms with E-state index in [1.807, 2.05) is 6.07 Å². The predicted molar refractivity (Wildman–Crippen MR) is 143 cm³/mol. The minimum absolute atomic E-state index is 0.0331. The number of thiophene rings is 1. The molecule has 0 saturated carbocycles. The van der Waals surface area contributed by atoms with Crippen molar-refractivity contribution in [3.8, 4) is 23.2 Å². The number of halogens is 4. The van der Waals surface area contributed by atoms with Crippen molar-refractivity contribution in [1.29, 1.82) is 5.26 Å². The first-order chi connectivity index (χ1) is 18.3. The number of anilines is 2. The third kappa shape index (κ3) is 3.73. The first kappa shape index (κ1) is 25.0. The van der Waals surface area contributed by atoms with Gasteiger partial charge in [-0.05, 0) is 37.1 Å². The number of alkyl halides is 1. The van der Waals surface area contributed by atoms with Crippen LogP contribution in [0.1, 0.15) is 24.8 Å². The number of nitrogens with zero attached hydrogens (tertiary/aromatic N) is 4. The fourth-order valence-electron chi connectivity index (χ4n) is 5.83. The maximum absolute atomic E-state index is 16.3. The molecule has 7 nitrogen and oxygen atoms in total. The van der Waals surface area contributed by atoms with Gasteiger partial charge < -0.3 is 15.8 Å². The topological polar surface area (TPSA) is 100 Å².